The predicted molar refractivity (Wildman–Crippen MR) is 60.3 cm³/mol. The molecule has 14 heavy (non-hydrogen) atoms. The summed E-state index contributed by atoms with van der Waals surface area (Å²) >= 11 is 3.53. The van der Waals surface area contributed by atoms with E-state index in [1.165, 1.54) is 5.56 Å². The van der Waals surface area contributed by atoms with Crippen LogP contribution >= 0.6 is 15.9 Å². The minimum atomic E-state index is 0.872. The Bertz CT molecular complexity index is 434. The molecule has 0 fully saturated rings. The van der Waals surface area contributed by atoms with Gasteiger partial charge < -0.3 is 4.98 Å². The number of aromatic amines is 1. The first-order valence-electron chi connectivity index (χ1n) is 4.49. The second kappa shape index (κ2) is 3.96. The molecular weight excluding hydrogens is 240 g/mol. The summed E-state index contributed by atoms with van der Waals surface area (Å²) < 4.78 is 1.14. The normalized spacial score (nSPS) is 10.4. The maximum Gasteiger partial charge on any atom is 0.0925 e. The van der Waals surface area contributed by atoms with Gasteiger partial charge in [0.1, 0.15) is 0 Å². The van der Waals surface area contributed by atoms with Crippen LogP contribution in [0.25, 0.3) is 0 Å². The number of hydrogen-bond acceptors (Lipinski definition) is 1. The Kier molecular flexibility index (Phi) is 2.68. The molecule has 0 saturated heterocycles. The van der Waals surface area contributed by atoms with Crippen molar-refractivity contribution in [1.29, 1.82) is 0 Å². The average molecular weight is 251 g/mol. The van der Waals surface area contributed by atoms with Crippen molar-refractivity contribution in [3.63, 3.8) is 0 Å². The van der Waals surface area contributed by atoms with E-state index in [0.717, 1.165) is 22.3 Å². The van der Waals surface area contributed by atoms with Crippen molar-refractivity contribution in [2.24, 2.45) is 0 Å². The molecule has 0 aliphatic rings. The molecule has 1 aromatic heterocycles. The third-order valence-corrected chi connectivity index (χ3v) is 3.02. The van der Waals surface area contributed by atoms with E-state index in [4.69, 9.17) is 0 Å². The minimum Gasteiger partial charge on any atom is -0.348 e. The van der Waals surface area contributed by atoms with Gasteiger partial charge in [-0.3, -0.25) is 0 Å². The highest BCUT2D eigenvalue weighted by atomic mass is 79.9. The third-order valence-electron chi connectivity index (χ3n) is 2.25. The fraction of sp³-hybridized carbons (Fsp3) is 0.182. The molecule has 0 aliphatic heterocycles. The Morgan fingerprint density at radius 3 is 2.79 bits per heavy atom. The van der Waals surface area contributed by atoms with E-state index in [-0.39, 0.29) is 0 Å². The number of rotatable bonds is 2. The van der Waals surface area contributed by atoms with Crippen molar-refractivity contribution in [2.45, 2.75) is 13.3 Å². The Morgan fingerprint density at radius 1 is 1.36 bits per heavy atom. The lowest BCUT2D eigenvalue weighted by atomic mass is 10.1. The molecule has 0 amide bonds. The van der Waals surface area contributed by atoms with Crippen LogP contribution in [-0.2, 0) is 6.42 Å². The summed E-state index contributed by atoms with van der Waals surface area (Å²) in [5, 5.41) is 0. The molecule has 0 unspecified atom stereocenters. The van der Waals surface area contributed by atoms with Gasteiger partial charge in [0, 0.05) is 16.6 Å². The Labute approximate surface area is 91.5 Å². The largest absolute Gasteiger partial charge is 0.348 e. The third kappa shape index (κ3) is 1.87. The van der Waals surface area contributed by atoms with Crippen molar-refractivity contribution >= 4 is 15.9 Å². The maximum absolute atomic E-state index is 4.28. The average Bonchev–Trinajstić information content (AvgIpc) is 2.56. The van der Waals surface area contributed by atoms with E-state index in [2.05, 4.69) is 38.0 Å². The van der Waals surface area contributed by atoms with E-state index in [9.17, 15) is 0 Å². The van der Waals surface area contributed by atoms with Gasteiger partial charge in [0.2, 0.25) is 0 Å². The zero-order chi connectivity index (χ0) is 9.97. The van der Waals surface area contributed by atoms with Gasteiger partial charge in [0.05, 0.1) is 12.0 Å². The summed E-state index contributed by atoms with van der Waals surface area (Å²) in [5.74, 6) is 0. The van der Waals surface area contributed by atoms with Crippen molar-refractivity contribution in [1.82, 2.24) is 9.97 Å². The summed E-state index contributed by atoms with van der Waals surface area (Å²) in [5.41, 5.74) is 3.51. The highest BCUT2D eigenvalue weighted by Gasteiger charge is 2.04. The van der Waals surface area contributed by atoms with Gasteiger partial charge in [0.25, 0.3) is 0 Å². The summed E-state index contributed by atoms with van der Waals surface area (Å²) in [4.78, 5) is 7.36. The number of benzene rings is 1. The van der Waals surface area contributed by atoms with Crippen molar-refractivity contribution in [3.8, 4) is 0 Å². The van der Waals surface area contributed by atoms with E-state index in [1.807, 2.05) is 19.1 Å². The van der Waals surface area contributed by atoms with E-state index >= 15 is 0 Å². The second-order valence-electron chi connectivity index (χ2n) is 3.24. The molecule has 2 nitrogen and oxygen atoms in total. The zero-order valence-corrected chi connectivity index (χ0v) is 9.51. The molecular formula is C11H11BrN2. The Hall–Kier alpha value is -1.09. The zero-order valence-electron chi connectivity index (χ0n) is 7.92. The molecule has 0 atom stereocenters. The molecule has 1 aromatic carbocycles. The van der Waals surface area contributed by atoms with Crippen molar-refractivity contribution < 1.29 is 0 Å². The molecule has 2 aromatic rings. The second-order valence-corrected chi connectivity index (χ2v) is 4.10. The van der Waals surface area contributed by atoms with Gasteiger partial charge >= 0.3 is 0 Å². The molecule has 1 heterocycles. The number of imidazole rings is 1. The van der Waals surface area contributed by atoms with E-state index in [0.29, 0.717) is 0 Å². The molecule has 2 rings (SSSR count). The van der Waals surface area contributed by atoms with Crippen LogP contribution in [0.4, 0.5) is 0 Å². The standard InChI is InChI=1S/C11H11BrN2/c1-8-11(14-7-13-8)6-9-4-2-3-5-10(9)12/h2-5,7H,6H2,1H3,(H,13,14). The smallest absolute Gasteiger partial charge is 0.0925 e. The fourth-order valence-electron chi connectivity index (χ4n) is 1.39. The van der Waals surface area contributed by atoms with Crippen LogP contribution in [0.15, 0.2) is 35.1 Å². The van der Waals surface area contributed by atoms with Crippen LogP contribution in [0.3, 0.4) is 0 Å². The number of H-pyrrole nitrogens is 1. The number of nitrogens with one attached hydrogen (secondary N) is 1. The maximum atomic E-state index is 4.28. The summed E-state index contributed by atoms with van der Waals surface area (Å²) in [6.07, 6.45) is 2.61. The van der Waals surface area contributed by atoms with Crippen LogP contribution < -0.4 is 0 Å². The first kappa shape index (κ1) is 9.46. The summed E-state index contributed by atoms with van der Waals surface area (Å²) in [7, 11) is 0. The monoisotopic (exact) mass is 250 g/mol. The van der Waals surface area contributed by atoms with E-state index < -0.39 is 0 Å². The quantitative estimate of drug-likeness (QED) is 0.872. The molecule has 72 valence electrons. The SMILES string of the molecule is Cc1[nH]cnc1Cc1ccccc1Br. The number of halogens is 1. The summed E-state index contributed by atoms with van der Waals surface area (Å²) in [6, 6.07) is 8.22. The van der Waals surface area contributed by atoms with Crippen LogP contribution in [-0.4, -0.2) is 9.97 Å². The fourth-order valence-corrected chi connectivity index (χ4v) is 1.81. The lowest BCUT2D eigenvalue weighted by Crippen LogP contribution is -1.91. The van der Waals surface area contributed by atoms with Gasteiger partial charge in [-0.25, -0.2) is 4.98 Å². The van der Waals surface area contributed by atoms with Crippen LogP contribution in [0.1, 0.15) is 17.0 Å². The number of hydrogen-bond donors (Lipinski definition) is 1. The van der Waals surface area contributed by atoms with Crippen molar-refractivity contribution in [2.75, 3.05) is 0 Å². The topological polar surface area (TPSA) is 28.7 Å². The highest BCUT2D eigenvalue weighted by molar-refractivity contribution is 9.10. The minimum absolute atomic E-state index is 0.872. The Balaban J connectivity index is 2.28. The predicted octanol–water partition coefficient (Wildman–Crippen LogP) is 3.07. The van der Waals surface area contributed by atoms with Gasteiger partial charge in [-0.2, -0.15) is 0 Å². The molecule has 3 heteroatoms. The number of nitrogens with zero attached hydrogens (tertiary/aromatic N) is 1. The Morgan fingerprint density at radius 2 is 2.14 bits per heavy atom. The molecule has 0 bridgehead atoms. The van der Waals surface area contributed by atoms with Crippen molar-refractivity contribution in [3.05, 3.63) is 52.0 Å². The van der Waals surface area contributed by atoms with Gasteiger partial charge in [-0.05, 0) is 18.6 Å². The molecule has 0 saturated carbocycles. The van der Waals surface area contributed by atoms with Gasteiger partial charge in [-0.15, -0.1) is 0 Å². The molecule has 1 N–H and O–H groups in total. The lowest BCUT2D eigenvalue weighted by Gasteiger charge is -2.02. The molecule has 0 radical (unpaired) electrons. The molecule has 0 spiro atoms. The van der Waals surface area contributed by atoms with Gasteiger partial charge in [0.15, 0.2) is 0 Å². The number of aryl methyl sites for hydroxylation is 1. The van der Waals surface area contributed by atoms with Crippen LogP contribution in [0.2, 0.25) is 0 Å². The highest BCUT2D eigenvalue weighted by Crippen LogP contribution is 2.19. The summed E-state index contributed by atoms with van der Waals surface area (Å²) in [6.45, 7) is 2.04. The van der Waals surface area contributed by atoms with Crippen LogP contribution in [0.5, 0.6) is 0 Å². The van der Waals surface area contributed by atoms with Gasteiger partial charge in [-0.1, -0.05) is 34.1 Å². The van der Waals surface area contributed by atoms with E-state index in [1.54, 1.807) is 6.33 Å². The first-order chi connectivity index (χ1) is 6.77. The van der Waals surface area contributed by atoms with Crippen LogP contribution in [0, 0.1) is 6.92 Å². The first-order valence-corrected chi connectivity index (χ1v) is 5.29. The lowest BCUT2D eigenvalue weighted by molar-refractivity contribution is 1.07. The molecule has 0 aliphatic carbocycles. The number of aromatic nitrogens is 2.